The van der Waals surface area contributed by atoms with Crippen LogP contribution in [0.2, 0.25) is 0 Å². The van der Waals surface area contributed by atoms with Gasteiger partial charge in [-0.2, -0.15) is 0 Å². The number of hydrogen-bond donors (Lipinski definition) is 2. The molecule has 5 nitrogen and oxygen atoms in total. The van der Waals surface area contributed by atoms with Gasteiger partial charge in [-0.3, -0.25) is 9.59 Å². The molecule has 2 aromatic rings. The topological polar surface area (TPSA) is 67.4 Å². The zero-order valence-corrected chi connectivity index (χ0v) is 14.3. The van der Waals surface area contributed by atoms with E-state index in [1.165, 1.54) is 25.1 Å². The van der Waals surface area contributed by atoms with Crippen molar-refractivity contribution in [3.8, 4) is 5.75 Å². The second kappa shape index (κ2) is 8.88. The first-order chi connectivity index (χ1) is 12.7. The number of ether oxygens (including phenoxy) is 1. The maximum atomic E-state index is 12.1. The number of benzene rings is 2. The summed E-state index contributed by atoms with van der Waals surface area (Å²) in [5.41, 5.74) is 1.11. The number of carbonyl (C=O) groups is 2. The number of amides is 2. The lowest BCUT2D eigenvalue weighted by Crippen LogP contribution is -2.40. The van der Waals surface area contributed by atoms with Gasteiger partial charge in [0.25, 0.3) is 0 Å². The highest BCUT2D eigenvalue weighted by molar-refractivity contribution is 5.99. The first-order valence-corrected chi connectivity index (χ1v) is 7.93. The average molecular weight is 378 g/mol. The lowest BCUT2D eigenvalue weighted by Gasteiger charge is -2.14. The third kappa shape index (κ3) is 7.23. The van der Waals surface area contributed by atoms with Crippen molar-refractivity contribution >= 4 is 23.6 Å². The fourth-order valence-corrected chi connectivity index (χ4v) is 2.05. The summed E-state index contributed by atoms with van der Waals surface area (Å²) in [6.07, 6.45) is -1.86. The van der Waals surface area contributed by atoms with Crippen molar-refractivity contribution in [2.75, 3.05) is 5.32 Å². The Hall–Kier alpha value is -3.29. The quantitative estimate of drug-likeness (QED) is 0.753. The Kier molecular flexibility index (Phi) is 6.59. The molecular weight excluding hydrogens is 361 g/mol. The van der Waals surface area contributed by atoms with Crippen LogP contribution in [-0.2, 0) is 9.59 Å². The molecule has 2 rings (SSSR count). The second-order valence-electron chi connectivity index (χ2n) is 5.54. The molecule has 27 heavy (non-hydrogen) atoms. The summed E-state index contributed by atoms with van der Waals surface area (Å²) >= 11 is 0. The zero-order valence-electron chi connectivity index (χ0n) is 14.3. The Balaban J connectivity index is 1.86. The summed E-state index contributed by atoms with van der Waals surface area (Å²) in [5, 5.41) is 5.00. The molecule has 8 heteroatoms. The lowest BCUT2D eigenvalue weighted by atomic mass is 10.2. The smallest absolute Gasteiger partial charge is 0.406 e. The van der Waals surface area contributed by atoms with Crippen LogP contribution in [0.5, 0.6) is 5.75 Å². The molecule has 1 atom stereocenters. The molecule has 2 amide bonds. The van der Waals surface area contributed by atoms with Gasteiger partial charge in [-0.05, 0) is 42.8 Å². The van der Waals surface area contributed by atoms with Gasteiger partial charge in [0.2, 0.25) is 11.8 Å². The molecule has 2 N–H and O–H groups in total. The molecule has 0 aliphatic rings. The van der Waals surface area contributed by atoms with E-state index in [0.29, 0.717) is 0 Å². The average Bonchev–Trinajstić information content (AvgIpc) is 2.61. The molecule has 0 aliphatic carbocycles. The molecule has 0 heterocycles. The standard InChI is InChI=1S/C19H17F3N2O3/c1-13(23-17(25)12-7-14-5-3-2-4-6-14)18(26)24-15-8-10-16(11-9-15)27-19(20,21)22/h2-13H,1H3,(H,23,25)(H,24,26)/b12-7+/t13-/m0/s1. The summed E-state index contributed by atoms with van der Waals surface area (Å²) < 4.78 is 40.1. The summed E-state index contributed by atoms with van der Waals surface area (Å²) in [6, 6.07) is 13.0. The first kappa shape index (κ1) is 20.0. The van der Waals surface area contributed by atoms with Crippen LogP contribution in [0.25, 0.3) is 6.08 Å². The molecular formula is C19H17F3N2O3. The second-order valence-corrected chi connectivity index (χ2v) is 5.54. The van der Waals surface area contributed by atoms with E-state index in [2.05, 4.69) is 15.4 Å². The van der Waals surface area contributed by atoms with Crippen LogP contribution in [0.1, 0.15) is 12.5 Å². The number of alkyl halides is 3. The van der Waals surface area contributed by atoms with Gasteiger partial charge in [0.05, 0.1) is 0 Å². The number of carbonyl (C=O) groups excluding carboxylic acids is 2. The van der Waals surface area contributed by atoms with Crippen LogP contribution >= 0.6 is 0 Å². The van der Waals surface area contributed by atoms with Crippen molar-refractivity contribution < 1.29 is 27.5 Å². The molecule has 0 spiro atoms. The first-order valence-electron chi connectivity index (χ1n) is 7.93. The SMILES string of the molecule is C[C@H](NC(=O)/C=C/c1ccccc1)C(=O)Nc1ccc(OC(F)(F)F)cc1. The fraction of sp³-hybridized carbons (Fsp3) is 0.158. The Labute approximate surface area is 153 Å². The van der Waals surface area contributed by atoms with Crippen LogP contribution in [-0.4, -0.2) is 24.2 Å². The maximum Gasteiger partial charge on any atom is 0.573 e. The van der Waals surface area contributed by atoms with Crippen molar-refractivity contribution in [1.82, 2.24) is 5.32 Å². The molecule has 0 saturated heterocycles. The predicted octanol–water partition coefficient (Wildman–Crippen LogP) is 3.74. The van der Waals surface area contributed by atoms with E-state index in [1.54, 1.807) is 6.08 Å². The molecule has 0 radical (unpaired) electrons. The Morgan fingerprint density at radius 1 is 1.04 bits per heavy atom. The van der Waals surface area contributed by atoms with Crippen molar-refractivity contribution in [2.45, 2.75) is 19.3 Å². The van der Waals surface area contributed by atoms with Gasteiger partial charge in [0.15, 0.2) is 0 Å². The van der Waals surface area contributed by atoms with Crippen LogP contribution < -0.4 is 15.4 Å². The van der Waals surface area contributed by atoms with Gasteiger partial charge in [-0.25, -0.2) is 0 Å². The largest absolute Gasteiger partial charge is 0.573 e. The third-order valence-electron chi connectivity index (χ3n) is 3.33. The molecule has 2 aromatic carbocycles. The Bertz CT molecular complexity index is 803. The van der Waals surface area contributed by atoms with Gasteiger partial charge in [-0.1, -0.05) is 30.3 Å². The van der Waals surface area contributed by atoms with Crippen molar-refractivity contribution in [3.05, 3.63) is 66.2 Å². The molecule has 0 aliphatic heterocycles. The molecule has 0 saturated carbocycles. The minimum absolute atomic E-state index is 0.274. The Morgan fingerprint density at radius 3 is 2.26 bits per heavy atom. The number of nitrogens with one attached hydrogen (secondary N) is 2. The van der Waals surface area contributed by atoms with Gasteiger partial charge in [-0.15, -0.1) is 13.2 Å². The van der Waals surface area contributed by atoms with Crippen molar-refractivity contribution in [2.24, 2.45) is 0 Å². The molecule has 0 bridgehead atoms. The summed E-state index contributed by atoms with van der Waals surface area (Å²) in [7, 11) is 0. The van der Waals surface area contributed by atoms with Crippen LogP contribution in [0.15, 0.2) is 60.7 Å². The highest BCUT2D eigenvalue weighted by Gasteiger charge is 2.31. The minimum atomic E-state index is -4.78. The van der Waals surface area contributed by atoms with E-state index < -0.39 is 30.0 Å². The van der Waals surface area contributed by atoms with E-state index >= 15 is 0 Å². The summed E-state index contributed by atoms with van der Waals surface area (Å²) in [4.78, 5) is 23.9. The van der Waals surface area contributed by atoms with Crippen LogP contribution in [0.3, 0.4) is 0 Å². The predicted molar refractivity (Wildman–Crippen MR) is 94.8 cm³/mol. The van der Waals surface area contributed by atoms with E-state index in [-0.39, 0.29) is 5.69 Å². The zero-order chi connectivity index (χ0) is 19.9. The fourth-order valence-electron chi connectivity index (χ4n) is 2.05. The molecule has 0 aromatic heterocycles. The van der Waals surface area contributed by atoms with E-state index in [9.17, 15) is 22.8 Å². The van der Waals surface area contributed by atoms with Crippen LogP contribution in [0.4, 0.5) is 18.9 Å². The molecule has 142 valence electrons. The van der Waals surface area contributed by atoms with E-state index in [4.69, 9.17) is 0 Å². The van der Waals surface area contributed by atoms with Crippen LogP contribution in [0, 0.1) is 0 Å². The van der Waals surface area contributed by atoms with Gasteiger partial charge in [0.1, 0.15) is 11.8 Å². The lowest BCUT2D eigenvalue weighted by molar-refractivity contribution is -0.274. The number of rotatable bonds is 6. The molecule has 0 fully saturated rings. The highest BCUT2D eigenvalue weighted by Crippen LogP contribution is 2.23. The van der Waals surface area contributed by atoms with Crippen molar-refractivity contribution in [1.29, 1.82) is 0 Å². The number of hydrogen-bond acceptors (Lipinski definition) is 3. The Morgan fingerprint density at radius 2 is 1.67 bits per heavy atom. The third-order valence-corrected chi connectivity index (χ3v) is 3.33. The summed E-state index contributed by atoms with van der Waals surface area (Å²) in [5.74, 6) is -1.36. The maximum absolute atomic E-state index is 12.1. The van der Waals surface area contributed by atoms with Gasteiger partial charge >= 0.3 is 6.36 Å². The summed E-state index contributed by atoms with van der Waals surface area (Å²) in [6.45, 7) is 1.49. The van der Waals surface area contributed by atoms with Gasteiger partial charge in [0, 0.05) is 11.8 Å². The monoisotopic (exact) mass is 378 g/mol. The van der Waals surface area contributed by atoms with Gasteiger partial charge < -0.3 is 15.4 Å². The highest BCUT2D eigenvalue weighted by atomic mass is 19.4. The number of halogens is 3. The van der Waals surface area contributed by atoms with E-state index in [1.807, 2.05) is 30.3 Å². The minimum Gasteiger partial charge on any atom is -0.406 e. The van der Waals surface area contributed by atoms with Crippen molar-refractivity contribution in [3.63, 3.8) is 0 Å². The normalized spacial score (nSPS) is 12.4. The number of anilines is 1. The molecule has 0 unspecified atom stereocenters. The van der Waals surface area contributed by atoms with E-state index in [0.717, 1.165) is 17.7 Å².